The number of anilines is 1. The van der Waals surface area contributed by atoms with Crippen LogP contribution in [0.3, 0.4) is 0 Å². The number of nitrogens with zero attached hydrogens (tertiary/aromatic N) is 2. The van der Waals surface area contributed by atoms with Gasteiger partial charge < -0.3 is 15.5 Å². The van der Waals surface area contributed by atoms with Crippen LogP contribution in [0.2, 0.25) is 0 Å². The number of benzene rings is 1. The Hall–Kier alpha value is -1.55. The fraction of sp³-hybridized carbons (Fsp3) is 0.588. The zero-order valence-corrected chi connectivity index (χ0v) is 13.4. The molecule has 0 aliphatic heterocycles. The highest BCUT2D eigenvalue weighted by atomic mass is 16.2. The number of hydrogen-bond donors (Lipinski definition) is 1. The molecule has 116 valence electrons. The first-order chi connectivity index (χ1) is 10.0. The lowest BCUT2D eigenvalue weighted by Crippen LogP contribution is -2.41. The van der Waals surface area contributed by atoms with Gasteiger partial charge in [-0.05, 0) is 37.5 Å². The van der Waals surface area contributed by atoms with Crippen molar-refractivity contribution in [2.75, 3.05) is 25.5 Å². The van der Waals surface area contributed by atoms with E-state index in [4.69, 9.17) is 5.73 Å². The summed E-state index contributed by atoms with van der Waals surface area (Å²) in [6, 6.07) is 8.42. The molecular weight excluding hydrogens is 262 g/mol. The molecule has 21 heavy (non-hydrogen) atoms. The van der Waals surface area contributed by atoms with E-state index in [0.29, 0.717) is 6.54 Å². The van der Waals surface area contributed by atoms with Crippen LogP contribution < -0.4 is 10.6 Å². The Kier molecular flexibility index (Phi) is 5.23. The van der Waals surface area contributed by atoms with Gasteiger partial charge in [0, 0.05) is 38.9 Å². The normalized spacial score (nSPS) is 21.3. The molecule has 2 unspecified atom stereocenters. The molecule has 2 atom stereocenters. The van der Waals surface area contributed by atoms with Gasteiger partial charge in [0.1, 0.15) is 0 Å². The van der Waals surface area contributed by atoms with Crippen molar-refractivity contribution in [3.8, 4) is 0 Å². The Bertz CT molecular complexity index is 469. The molecule has 2 rings (SSSR count). The van der Waals surface area contributed by atoms with Gasteiger partial charge in [0.05, 0.1) is 5.92 Å². The summed E-state index contributed by atoms with van der Waals surface area (Å²) in [7, 11) is 4.05. The van der Waals surface area contributed by atoms with Gasteiger partial charge in [-0.1, -0.05) is 18.6 Å². The van der Waals surface area contributed by atoms with Crippen LogP contribution in [0, 0.1) is 5.92 Å². The summed E-state index contributed by atoms with van der Waals surface area (Å²) < 4.78 is 0. The molecule has 0 bridgehead atoms. The van der Waals surface area contributed by atoms with Gasteiger partial charge in [-0.3, -0.25) is 4.79 Å². The quantitative estimate of drug-likeness (QED) is 0.904. The molecule has 4 nitrogen and oxygen atoms in total. The number of carbonyl (C=O) groups is 1. The van der Waals surface area contributed by atoms with Crippen LogP contribution in [0.5, 0.6) is 0 Å². The second-order valence-corrected chi connectivity index (χ2v) is 6.11. The fourth-order valence-electron chi connectivity index (χ4n) is 3.00. The number of rotatable bonds is 5. The Balaban J connectivity index is 2.03. The smallest absolute Gasteiger partial charge is 0.227 e. The molecular formula is C17H27N3O. The van der Waals surface area contributed by atoms with E-state index in [0.717, 1.165) is 25.8 Å². The van der Waals surface area contributed by atoms with E-state index in [-0.39, 0.29) is 17.9 Å². The van der Waals surface area contributed by atoms with Gasteiger partial charge in [0.2, 0.25) is 5.91 Å². The molecule has 0 spiro atoms. The summed E-state index contributed by atoms with van der Waals surface area (Å²) in [4.78, 5) is 16.6. The Morgan fingerprint density at radius 1 is 1.24 bits per heavy atom. The molecule has 0 radical (unpaired) electrons. The van der Waals surface area contributed by atoms with E-state index in [1.165, 1.54) is 11.3 Å². The van der Waals surface area contributed by atoms with Crippen molar-refractivity contribution in [1.29, 1.82) is 0 Å². The maximum absolute atomic E-state index is 12.6. The van der Waals surface area contributed by atoms with Gasteiger partial charge in [-0.2, -0.15) is 0 Å². The SMILES string of the molecule is CCN(Cc1ccc(N(C)C)cc1)C(=O)C1CCCC1N. The summed E-state index contributed by atoms with van der Waals surface area (Å²) in [6.07, 6.45) is 2.99. The van der Waals surface area contributed by atoms with Crippen LogP contribution >= 0.6 is 0 Å². The van der Waals surface area contributed by atoms with E-state index in [1.54, 1.807) is 0 Å². The number of nitrogens with two attached hydrogens (primary N) is 1. The lowest BCUT2D eigenvalue weighted by molar-refractivity contribution is -0.136. The van der Waals surface area contributed by atoms with Gasteiger partial charge in [0.15, 0.2) is 0 Å². The molecule has 0 heterocycles. The van der Waals surface area contributed by atoms with Gasteiger partial charge in [-0.15, -0.1) is 0 Å². The maximum Gasteiger partial charge on any atom is 0.227 e. The molecule has 4 heteroatoms. The van der Waals surface area contributed by atoms with Crippen molar-refractivity contribution >= 4 is 11.6 Å². The number of carbonyl (C=O) groups excluding carboxylic acids is 1. The zero-order valence-electron chi connectivity index (χ0n) is 13.4. The van der Waals surface area contributed by atoms with E-state index in [1.807, 2.05) is 25.9 Å². The lowest BCUT2D eigenvalue weighted by atomic mass is 10.0. The summed E-state index contributed by atoms with van der Waals surface area (Å²) in [5.41, 5.74) is 8.41. The minimum Gasteiger partial charge on any atom is -0.378 e. The molecule has 1 aliphatic rings. The summed E-state index contributed by atoms with van der Waals surface area (Å²) in [6.45, 7) is 3.44. The van der Waals surface area contributed by atoms with E-state index in [9.17, 15) is 4.79 Å². The molecule has 0 saturated heterocycles. The predicted octanol–water partition coefficient (Wildman–Crippen LogP) is 2.23. The monoisotopic (exact) mass is 289 g/mol. The van der Waals surface area contributed by atoms with Crippen LogP contribution in [-0.2, 0) is 11.3 Å². The molecule has 1 saturated carbocycles. The average Bonchev–Trinajstić information content (AvgIpc) is 2.90. The third kappa shape index (κ3) is 3.76. The van der Waals surface area contributed by atoms with Crippen molar-refractivity contribution < 1.29 is 4.79 Å². The topological polar surface area (TPSA) is 49.6 Å². The van der Waals surface area contributed by atoms with Crippen LogP contribution in [0.1, 0.15) is 31.7 Å². The molecule has 1 aromatic rings. The standard InChI is InChI=1S/C17H27N3O/c1-4-20(17(21)15-6-5-7-16(15)18)12-13-8-10-14(11-9-13)19(2)3/h8-11,15-16H,4-7,12,18H2,1-3H3. The van der Waals surface area contributed by atoms with Crippen molar-refractivity contribution in [2.24, 2.45) is 11.7 Å². The average molecular weight is 289 g/mol. The predicted molar refractivity (Wildman–Crippen MR) is 87.2 cm³/mol. The highest BCUT2D eigenvalue weighted by Crippen LogP contribution is 2.26. The van der Waals surface area contributed by atoms with Crippen LogP contribution in [0.25, 0.3) is 0 Å². The first kappa shape index (κ1) is 15.8. The summed E-state index contributed by atoms with van der Waals surface area (Å²) >= 11 is 0. The van der Waals surface area contributed by atoms with Crippen molar-refractivity contribution in [3.63, 3.8) is 0 Å². The molecule has 0 aromatic heterocycles. The maximum atomic E-state index is 12.6. The van der Waals surface area contributed by atoms with E-state index in [2.05, 4.69) is 29.2 Å². The van der Waals surface area contributed by atoms with Gasteiger partial charge in [-0.25, -0.2) is 0 Å². The van der Waals surface area contributed by atoms with Crippen LogP contribution in [-0.4, -0.2) is 37.5 Å². The first-order valence-corrected chi connectivity index (χ1v) is 7.83. The zero-order chi connectivity index (χ0) is 15.4. The van der Waals surface area contributed by atoms with E-state index >= 15 is 0 Å². The van der Waals surface area contributed by atoms with Crippen molar-refractivity contribution in [2.45, 2.75) is 38.8 Å². The second kappa shape index (κ2) is 6.94. The minimum atomic E-state index is 0.0194. The Morgan fingerprint density at radius 2 is 1.90 bits per heavy atom. The molecule has 2 N–H and O–H groups in total. The first-order valence-electron chi connectivity index (χ1n) is 7.83. The van der Waals surface area contributed by atoms with Crippen molar-refractivity contribution in [1.82, 2.24) is 4.90 Å². The van der Waals surface area contributed by atoms with Gasteiger partial charge in [0.25, 0.3) is 0 Å². The van der Waals surface area contributed by atoms with Crippen LogP contribution in [0.15, 0.2) is 24.3 Å². The number of hydrogen-bond acceptors (Lipinski definition) is 3. The largest absolute Gasteiger partial charge is 0.378 e. The highest BCUT2D eigenvalue weighted by molar-refractivity contribution is 5.80. The fourth-order valence-corrected chi connectivity index (χ4v) is 3.00. The van der Waals surface area contributed by atoms with E-state index < -0.39 is 0 Å². The number of amides is 1. The Morgan fingerprint density at radius 3 is 2.38 bits per heavy atom. The van der Waals surface area contributed by atoms with Gasteiger partial charge >= 0.3 is 0 Å². The minimum absolute atomic E-state index is 0.0194. The summed E-state index contributed by atoms with van der Waals surface area (Å²) in [5.74, 6) is 0.241. The molecule has 1 fully saturated rings. The van der Waals surface area contributed by atoms with Crippen LogP contribution in [0.4, 0.5) is 5.69 Å². The van der Waals surface area contributed by atoms with Crippen molar-refractivity contribution in [3.05, 3.63) is 29.8 Å². The second-order valence-electron chi connectivity index (χ2n) is 6.11. The molecule has 1 aromatic carbocycles. The highest BCUT2D eigenvalue weighted by Gasteiger charge is 2.32. The summed E-state index contributed by atoms with van der Waals surface area (Å²) in [5, 5.41) is 0. The third-order valence-electron chi connectivity index (χ3n) is 4.41. The Labute approximate surface area is 127 Å². The lowest BCUT2D eigenvalue weighted by Gasteiger charge is -2.26. The molecule has 1 amide bonds. The molecule has 1 aliphatic carbocycles. The third-order valence-corrected chi connectivity index (χ3v) is 4.41.